The lowest BCUT2D eigenvalue weighted by Crippen LogP contribution is -1.80. The van der Waals surface area contributed by atoms with Gasteiger partial charge in [-0.15, -0.1) is 21.5 Å². The van der Waals surface area contributed by atoms with E-state index < -0.39 is 0 Å². The zero-order valence-corrected chi connectivity index (χ0v) is 9.88. The summed E-state index contributed by atoms with van der Waals surface area (Å²) in [5, 5.41) is 9.29. The zero-order valence-electron chi connectivity index (χ0n) is 7.43. The number of nitrogens with zero attached hydrogens (tertiary/aromatic N) is 3. The predicted molar refractivity (Wildman–Crippen MR) is 60.7 cm³/mol. The van der Waals surface area contributed by atoms with E-state index in [9.17, 15) is 0 Å². The molecular weight excluding hydrogens is 236 g/mol. The monoisotopic (exact) mass is 244 g/mol. The van der Waals surface area contributed by atoms with Crippen molar-refractivity contribution in [3.63, 3.8) is 0 Å². The summed E-state index contributed by atoms with van der Waals surface area (Å²) in [6, 6.07) is 0. The van der Waals surface area contributed by atoms with E-state index in [0.717, 1.165) is 15.1 Å². The van der Waals surface area contributed by atoms with E-state index in [4.69, 9.17) is 5.73 Å². The van der Waals surface area contributed by atoms with E-state index in [0.29, 0.717) is 5.13 Å². The number of anilines is 1. The molecule has 0 unspecified atom stereocenters. The van der Waals surface area contributed by atoms with Crippen LogP contribution in [0.4, 0.5) is 5.13 Å². The lowest BCUT2D eigenvalue weighted by molar-refractivity contribution is 1.02. The molecule has 2 aromatic heterocycles. The fraction of sp³-hybridized carbons (Fsp3) is 0.286. The van der Waals surface area contributed by atoms with Crippen molar-refractivity contribution >= 4 is 39.6 Å². The van der Waals surface area contributed by atoms with Crippen LogP contribution in [0.3, 0.4) is 0 Å². The molecule has 0 saturated heterocycles. The Morgan fingerprint density at radius 1 is 1.43 bits per heavy atom. The Morgan fingerprint density at radius 3 is 2.86 bits per heavy atom. The van der Waals surface area contributed by atoms with Gasteiger partial charge in [-0.3, -0.25) is 0 Å². The van der Waals surface area contributed by atoms with Crippen LogP contribution in [0, 0.1) is 6.92 Å². The average molecular weight is 244 g/mol. The first-order valence-electron chi connectivity index (χ1n) is 3.87. The Morgan fingerprint density at radius 2 is 2.29 bits per heavy atom. The first-order valence-corrected chi connectivity index (χ1v) is 6.49. The summed E-state index contributed by atoms with van der Waals surface area (Å²) in [6.07, 6.45) is 1.88. The number of nitrogen functional groups attached to an aromatic ring is 1. The summed E-state index contributed by atoms with van der Waals surface area (Å²) in [4.78, 5) is 5.49. The van der Waals surface area contributed by atoms with Crippen LogP contribution in [-0.4, -0.2) is 15.2 Å². The molecule has 14 heavy (non-hydrogen) atoms. The number of rotatable bonds is 3. The average Bonchev–Trinajstić information content (AvgIpc) is 2.72. The Kier molecular flexibility index (Phi) is 2.99. The van der Waals surface area contributed by atoms with Crippen LogP contribution >= 0.6 is 34.4 Å². The van der Waals surface area contributed by atoms with Gasteiger partial charge in [0.2, 0.25) is 5.13 Å². The molecule has 0 amide bonds. The standard InChI is InChI=1S/C7H8N4S3/c1-4-2-9-5(13-4)3-12-7-11-10-6(8)14-7/h2H,3H2,1H3,(H2,8,10). The van der Waals surface area contributed by atoms with Crippen molar-refractivity contribution < 1.29 is 0 Å². The Bertz CT molecular complexity index is 382. The van der Waals surface area contributed by atoms with Gasteiger partial charge in [-0.25, -0.2) is 4.98 Å². The van der Waals surface area contributed by atoms with Crippen molar-refractivity contribution in [2.75, 3.05) is 5.73 Å². The summed E-state index contributed by atoms with van der Waals surface area (Å²) in [5.41, 5.74) is 5.47. The first kappa shape index (κ1) is 9.88. The van der Waals surface area contributed by atoms with E-state index >= 15 is 0 Å². The van der Waals surface area contributed by atoms with Crippen molar-refractivity contribution in [1.29, 1.82) is 0 Å². The third-order valence-electron chi connectivity index (χ3n) is 1.41. The molecule has 0 saturated carbocycles. The van der Waals surface area contributed by atoms with Crippen molar-refractivity contribution in [3.05, 3.63) is 16.1 Å². The van der Waals surface area contributed by atoms with Crippen LogP contribution < -0.4 is 5.73 Å². The molecule has 7 heteroatoms. The highest BCUT2D eigenvalue weighted by Crippen LogP contribution is 2.27. The van der Waals surface area contributed by atoms with E-state index in [1.54, 1.807) is 23.1 Å². The first-order chi connectivity index (χ1) is 6.74. The highest BCUT2D eigenvalue weighted by atomic mass is 32.2. The van der Waals surface area contributed by atoms with Crippen molar-refractivity contribution in [2.45, 2.75) is 17.0 Å². The van der Waals surface area contributed by atoms with Gasteiger partial charge in [-0.1, -0.05) is 23.1 Å². The van der Waals surface area contributed by atoms with Crippen LogP contribution in [-0.2, 0) is 5.75 Å². The molecule has 0 spiro atoms. The number of nitrogens with two attached hydrogens (primary N) is 1. The third-order valence-corrected chi connectivity index (χ3v) is 4.40. The number of aromatic nitrogens is 3. The minimum absolute atomic E-state index is 0.516. The maximum absolute atomic E-state index is 5.47. The van der Waals surface area contributed by atoms with Crippen LogP contribution in [0.25, 0.3) is 0 Å². The molecule has 2 heterocycles. The topological polar surface area (TPSA) is 64.7 Å². The summed E-state index contributed by atoms with van der Waals surface area (Å²) in [7, 11) is 0. The Labute approximate surface area is 93.6 Å². The lowest BCUT2D eigenvalue weighted by atomic mass is 10.6. The number of hydrogen-bond acceptors (Lipinski definition) is 7. The maximum Gasteiger partial charge on any atom is 0.203 e. The molecule has 0 atom stereocenters. The smallest absolute Gasteiger partial charge is 0.203 e. The van der Waals surface area contributed by atoms with Gasteiger partial charge >= 0.3 is 0 Å². The fourth-order valence-corrected chi connectivity index (χ4v) is 3.30. The summed E-state index contributed by atoms with van der Waals surface area (Å²) >= 11 is 4.74. The minimum Gasteiger partial charge on any atom is -0.374 e. The van der Waals surface area contributed by atoms with Gasteiger partial charge in [0.1, 0.15) is 5.01 Å². The van der Waals surface area contributed by atoms with Gasteiger partial charge in [-0.05, 0) is 6.92 Å². The van der Waals surface area contributed by atoms with Gasteiger partial charge in [0, 0.05) is 11.1 Å². The minimum atomic E-state index is 0.516. The molecule has 0 aliphatic rings. The van der Waals surface area contributed by atoms with E-state index in [1.807, 2.05) is 6.20 Å². The van der Waals surface area contributed by atoms with E-state index in [1.165, 1.54) is 16.2 Å². The molecule has 0 radical (unpaired) electrons. The summed E-state index contributed by atoms with van der Waals surface area (Å²) in [5.74, 6) is 0.840. The number of aryl methyl sites for hydroxylation is 1. The SMILES string of the molecule is Cc1cnc(CSc2nnc(N)s2)s1. The van der Waals surface area contributed by atoms with Crippen molar-refractivity contribution in [3.8, 4) is 0 Å². The Hall–Kier alpha value is -0.660. The molecule has 74 valence electrons. The van der Waals surface area contributed by atoms with Gasteiger partial charge in [0.25, 0.3) is 0 Å². The van der Waals surface area contributed by atoms with E-state index in [-0.39, 0.29) is 0 Å². The molecular formula is C7H8N4S3. The maximum atomic E-state index is 5.47. The van der Waals surface area contributed by atoms with Crippen LogP contribution in [0.2, 0.25) is 0 Å². The summed E-state index contributed by atoms with van der Waals surface area (Å²) < 4.78 is 0.898. The molecule has 0 aliphatic heterocycles. The van der Waals surface area contributed by atoms with Crippen LogP contribution in [0.5, 0.6) is 0 Å². The Balaban J connectivity index is 1.94. The fourth-order valence-electron chi connectivity index (χ4n) is 0.870. The van der Waals surface area contributed by atoms with Gasteiger partial charge in [-0.2, -0.15) is 0 Å². The number of hydrogen-bond donors (Lipinski definition) is 1. The van der Waals surface area contributed by atoms with E-state index in [2.05, 4.69) is 22.1 Å². The van der Waals surface area contributed by atoms with Crippen molar-refractivity contribution in [1.82, 2.24) is 15.2 Å². The normalized spacial score (nSPS) is 10.6. The van der Waals surface area contributed by atoms with Gasteiger partial charge in [0.15, 0.2) is 4.34 Å². The van der Waals surface area contributed by atoms with Gasteiger partial charge in [0.05, 0.1) is 5.75 Å². The molecule has 0 bridgehead atoms. The second kappa shape index (κ2) is 4.24. The largest absolute Gasteiger partial charge is 0.374 e. The molecule has 2 aromatic rings. The van der Waals surface area contributed by atoms with Crippen LogP contribution in [0.15, 0.2) is 10.5 Å². The number of thioether (sulfide) groups is 1. The van der Waals surface area contributed by atoms with Crippen molar-refractivity contribution in [2.24, 2.45) is 0 Å². The number of thiazole rings is 1. The zero-order chi connectivity index (χ0) is 9.97. The highest BCUT2D eigenvalue weighted by molar-refractivity contribution is 8.00. The molecule has 0 aliphatic carbocycles. The van der Waals surface area contributed by atoms with Gasteiger partial charge < -0.3 is 5.73 Å². The van der Waals surface area contributed by atoms with Crippen LogP contribution in [0.1, 0.15) is 9.88 Å². The quantitative estimate of drug-likeness (QED) is 0.838. The molecule has 2 rings (SSSR count). The lowest BCUT2D eigenvalue weighted by Gasteiger charge is -1.90. The highest BCUT2D eigenvalue weighted by Gasteiger charge is 2.04. The molecule has 4 nitrogen and oxygen atoms in total. The molecule has 0 fully saturated rings. The molecule has 0 aromatic carbocycles. The predicted octanol–water partition coefficient (Wildman–Crippen LogP) is 2.18. The molecule has 2 N–H and O–H groups in total. The second-order valence-corrected chi connectivity index (χ2v) is 6.11. The second-order valence-electron chi connectivity index (χ2n) is 2.56. The summed E-state index contributed by atoms with van der Waals surface area (Å²) in [6.45, 7) is 2.05. The third kappa shape index (κ3) is 2.43.